The second-order valence-electron chi connectivity index (χ2n) is 3.08. The van der Waals surface area contributed by atoms with Gasteiger partial charge >= 0.3 is 0 Å². The first kappa shape index (κ1) is 12.7. The Kier molecular flexibility index (Phi) is 6.28. The molecule has 16 heavy (non-hydrogen) atoms. The van der Waals surface area contributed by atoms with Gasteiger partial charge in [-0.15, -0.1) is 0 Å². The van der Waals surface area contributed by atoms with Gasteiger partial charge in [-0.25, -0.2) is 0 Å². The Balaban J connectivity index is 2.30. The van der Waals surface area contributed by atoms with Gasteiger partial charge in [0.1, 0.15) is 24.7 Å². The van der Waals surface area contributed by atoms with Crippen LogP contribution in [-0.2, 0) is 0 Å². The highest BCUT2D eigenvalue weighted by atomic mass is 16.5. The quantitative estimate of drug-likeness (QED) is 0.268. The van der Waals surface area contributed by atoms with Crippen molar-refractivity contribution in [2.24, 2.45) is 11.7 Å². The molecule has 0 radical (unpaired) electrons. The molecule has 0 fully saturated rings. The summed E-state index contributed by atoms with van der Waals surface area (Å²) in [6.45, 7) is 2.29. The van der Waals surface area contributed by atoms with Gasteiger partial charge in [0.2, 0.25) is 0 Å². The fourth-order valence-electron chi connectivity index (χ4n) is 1.09. The molecule has 0 unspecified atom stereocenters. The van der Waals surface area contributed by atoms with Crippen molar-refractivity contribution in [2.75, 3.05) is 26.3 Å². The molecule has 0 heterocycles. The summed E-state index contributed by atoms with van der Waals surface area (Å²) in [6.07, 6.45) is 0. The molecule has 6 nitrogen and oxygen atoms in total. The molecule has 1 aromatic rings. The maximum Gasteiger partial charge on any atom is 0.119 e. The highest BCUT2D eigenvalue weighted by molar-refractivity contribution is 5.31. The molecule has 1 aromatic carbocycles. The molecule has 6 N–H and O–H groups in total. The fourth-order valence-corrected chi connectivity index (χ4v) is 1.09. The third kappa shape index (κ3) is 4.94. The first-order valence-corrected chi connectivity index (χ1v) is 5.09. The van der Waals surface area contributed by atoms with Gasteiger partial charge in [0.15, 0.2) is 0 Å². The Morgan fingerprint density at radius 2 is 1.19 bits per heavy atom. The van der Waals surface area contributed by atoms with Crippen LogP contribution in [0.3, 0.4) is 0 Å². The molecule has 0 aliphatic heterocycles. The lowest BCUT2D eigenvalue weighted by Crippen LogP contribution is -2.27. The number of benzene rings is 1. The van der Waals surface area contributed by atoms with Crippen LogP contribution in [0.1, 0.15) is 0 Å². The molecule has 0 amide bonds. The maximum atomic E-state index is 5.40. The normalized spacial score (nSPS) is 10.1. The summed E-state index contributed by atoms with van der Waals surface area (Å²) in [5, 5.41) is 0. The van der Waals surface area contributed by atoms with Crippen molar-refractivity contribution in [3.05, 3.63) is 24.3 Å². The van der Waals surface area contributed by atoms with Gasteiger partial charge < -0.3 is 9.47 Å². The molecule has 0 aliphatic rings. The molecule has 0 saturated heterocycles. The smallest absolute Gasteiger partial charge is 0.119 e. The summed E-state index contributed by atoms with van der Waals surface area (Å²) in [7, 11) is 0. The van der Waals surface area contributed by atoms with E-state index in [2.05, 4.69) is 10.9 Å². The Morgan fingerprint density at radius 3 is 1.50 bits per heavy atom. The second kappa shape index (κ2) is 7.89. The van der Waals surface area contributed by atoms with Gasteiger partial charge in [-0.3, -0.25) is 22.5 Å². The van der Waals surface area contributed by atoms with Crippen molar-refractivity contribution in [1.29, 1.82) is 0 Å². The minimum atomic E-state index is 0.536. The molecular formula is C10H18N4O2. The molecule has 0 aromatic heterocycles. The van der Waals surface area contributed by atoms with Crippen LogP contribution >= 0.6 is 0 Å². The van der Waals surface area contributed by atoms with E-state index < -0.39 is 0 Å². The van der Waals surface area contributed by atoms with E-state index in [0.717, 1.165) is 11.5 Å². The van der Waals surface area contributed by atoms with Crippen molar-refractivity contribution in [3.8, 4) is 11.5 Å². The van der Waals surface area contributed by atoms with E-state index in [1.807, 2.05) is 24.3 Å². The van der Waals surface area contributed by atoms with Crippen LogP contribution in [0.2, 0.25) is 0 Å². The van der Waals surface area contributed by atoms with Gasteiger partial charge in [-0.1, -0.05) is 0 Å². The molecule has 1 rings (SSSR count). The number of nitrogens with two attached hydrogens (primary N) is 2. The molecule has 6 heteroatoms. The molecule has 0 bridgehead atoms. The molecular weight excluding hydrogens is 208 g/mol. The summed E-state index contributed by atoms with van der Waals surface area (Å²) in [4.78, 5) is 0. The van der Waals surface area contributed by atoms with Crippen LogP contribution in [0.5, 0.6) is 11.5 Å². The van der Waals surface area contributed by atoms with Crippen LogP contribution in [0, 0.1) is 0 Å². The number of nitrogens with one attached hydrogen (secondary N) is 2. The fraction of sp³-hybridized carbons (Fsp3) is 0.400. The standard InChI is InChI=1S/C10H18N4O2/c11-13-5-7-15-9-1-2-10(4-3-9)16-8-6-14-12/h1-4,13-14H,5-8,11-12H2. The number of hydrazine groups is 2. The molecule has 90 valence electrons. The van der Waals surface area contributed by atoms with Gasteiger partial charge in [0.05, 0.1) is 0 Å². The van der Waals surface area contributed by atoms with E-state index in [0.29, 0.717) is 26.3 Å². The van der Waals surface area contributed by atoms with E-state index in [1.165, 1.54) is 0 Å². The lowest BCUT2D eigenvalue weighted by atomic mass is 10.3. The topological polar surface area (TPSA) is 94.6 Å². The largest absolute Gasteiger partial charge is 0.492 e. The SMILES string of the molecule is NNCCOc1ccc(OCCNN)cc1. The highest BCUT2D eigenvalue weighted by Gasteiger charge is 1.95. The van der Waals surface area contributed by atoms with Crippen molar-refractivity contribution in [1.82, 2.24) is 10.9 Å². The Morgan fingerprint density at radius 1 is 0.812 bits per heavy atom. The predicted molar refractivity (Wildman–Crippen MR) is 61.8 cm³/mol. The Hall–Kier alpha value is -1.34. The number of hydrogen-bond donors (Lipinski definition) is 4. The van der Waals surface area contributed by atoms with Crippen molar-refractivity contribution in [3.63, 3.8) is 0 Å². The number of ether oxygens (including phenoxy) is 2. The van der Waals surface area contributed by atoms with Crippen molar-refractivity contribution in [2.45, 2.75) is 0 Å². The average molecular weight is 226 g/mol. The molecule has 0 spiro atoms. The number of rotatable bonds is 8. The summed E-state index contributed by atoms with van der Waals surface area (Å²) < 4.78 is 10.8. The van der Waals surface area contributed by atoms with E-state index in [4.69, 9.17) is 21.2 Å². The zero-order valence-corrected chi connectivity index (χ0v) is 9.11. The van der Waals surface area contributed by atoms with Crippen LogP contribution in [0.4, 0.5) is 0 Å². The predicted octanol–water partition coefficient (Wildman–Crippen LogP) is -0.629. The molecule has 0 atom stereocenters. The van der Waals surface area contributed by atoms with Gasteiger partial charge in [-0.2, -0.15) is 0 Å². The second-order valence-corrected chi connectivity index (χ2v) is 3.08. The van der Waals surface area contributed by atoms with Crippen molar-refractivity contribution < 1.29 is 9.47 Å². The maximum absolute atomic E-state index is 5.40. The Labute approximate surface area is 94.8 Å². The van der Waals surface area contributed by atoms with Crippen LogP contribution in [0.15, 0.2) is 24.3 Å². The van der Waals surface area contributed by atoms with Gasteiger partial charge in [0.25, 0.3) is 0 Å². The summed E-state index contributed by atoms with van der Waals surface area (Å²) in [5.41, 5.74) is 5.03. The monoisotopic (exact) mass is 226 g/mol. The van der Waals surface area contributed by atoms with E-state index >= 15 is 0 Å². The molecule has 0 saturated carbocycles. The Bertz CT molecular complexity index is 250. The van der Waals surface area contributed by atoms with Crippen molar-refractivity contribution >= 4 is 0 Å². The van der Waals surface area contributed by atoms with E-state index in [9.17, 15) is 0 Å². The third-order valence-electron chi connectivity index (χ3n) is 1.85. The first-order chi connectivity index (χ1) is 7.86. The first-order valence-electron chi connectivity index (χ1n) is 5.09. The summed E-state index contributed by atoms with van der Waals surface area (Å²) in [5.74, 6) is 11.8. The average Bonchev–Trinajstić information content (AvgIpc) is 2.32. The van der Waals surface area contributed by atoms with Gasteiger partial charge in [-0.05, 0) is 24.3 Å². The molecule has 0 aliphatic carbocycles. The van der Waals surface area contributed by atoms with E-state index in [-0.39, 0.29) is 0 Å². The zero-order chi connectivity index (χ0) is 11.6. The van der Waals surface area contributed by atoms with Crippen LogP contribution in [-0.4, -0.2) is 26.3 Å². The van der Waals surface area contributed by atoms with Gasteiger partial charge in [0, 0.05) is 13.1 Å². The summed E-state index contributed by atoms with van der Waals surface area (Å²) >= 11 is 0. The zero-order valence-electron chi connectivity index (χ0n) is 9.11. The van der Waals surface area contributed by atoms with Crippen LogP contribution < -0.4 is 32.0 Å². The minimum absolute atomic E-state index is 0.536. The lowest BCUT2D eigenvalue weighted by molar-refractivity contribution is 0.306. The minimum Gasteiger partial charge on any atom is -0.492 e. The summed E-state index contributed by atoms with van der Waals surface area (Å²) in [6, 6.07) is 7.40. The number of hydrogen-bond acceptors (Lipinski definition) is 6. The highest BCUT2D eigenvalue weighted by Crippen LogP contribution is 2.17. The van der Waals surface area contributed by atoms with E-state index in [1.54, 1.807) is 0 Å². The lowest BCUT2D eigenvalue weighted by Gasteiger charge is -2.08. The third-order valence-corrected chi connectivity index (χ3v) is 1.85. The van der Waals surface area contributed by atoms with Crippen LogP contribution in [0.25, 0.3) is 0 Å².